The van der Waals surface area contributed by atoms with E-state index in [0.717, 1.165) is 32.5 Å². The molecule has 0 spiro atoms. The van der Waals surface area contributed by atoms with Crippen molar-refractivity contribution in [1.82, 2.24) is 4.90 Å². The minimum absolute atomic E-state index is 0.406. The van der Waals surface area contributed by atoms with E-state index in [1.807, 2.05) is 0 Å². The molecule has 1 saturated heterocycles. The lowest BCUT2D eigenvalue weighted by Crippen LogP contribution is -2.39. The van der Waals surface area contributed by atoms with Crippen molar-refractivity contribution in [2.24, 2.45) is 11.7 Å². The van der Waals surface area contributed by atoms with Crippen LogP contribution in [0.1, 0.15) is 30.9 Å². The third-order valence-corrected chi connectivity index (χ3v) is 4.08. The van der Waals surface area contributed by atoms with Crippen molar-refractivity contribution in [2.75, 3.05) is 13.1 Å². The van der Waals surface area contributed by atoms with E-state index in [1.54, 1.807) is 0 Å². The molecule has 0 bridgehead atoms. The highest BCUT2D eigenvalue weighted by molar-refractivity contribution is 7.80. The van der Waals surface area contributed by atoms with Crippen LogP contribution in [0.5, 0.6) is 0 Å². The van der Waals surface area contributed by atoms with Gasteiger partial charge in [0.25, 0.3) is 0 Å². The van der Waals surface area contributed by atoms with Crippen LogP contribution in [-0.4, -0.2) is 23.0 Å². The number of nitrogens with zero attached hydrogens (tertiary/aromatic N) is 1. The van der Waals surface area contributed by atoms with Gasteiger partial charge in [0.2, 0.25) is 0 Å². The molecule has 0 aromatic heterocycles. The number of hydrogen-bond donors (Lipinski definition) is 1. The zero-order valence-corrected chi connectivity index (χ0v) is 11.9. The maximum atomic E-state index is 5.77. The molecule has 3 heteroatoms. The minimum Gasteiger partial charge on any atom is -0.393 e. The number of benzene rings is 1. The largest absolute Gasteiger partial charge is 0.393 e. The normalized spacial score (nSPS) is 20.8. The number of nitrogens with two attached hydrogens (primary N) is 1. The van der Waals surface area contributed by atoms with E-state index in [9.17, 15) is 0 Å². The van der Waals surface area contributed by atoms with Crippen LogP contribution in [-0.2, 0) is 13.0 Å². The number of thiocarbonyl (C=S) groups is 1. The molecule has 0 saturated carbocycles. The molecular weight excluding hydrogens is 240 g/mol. The van der Waals surface area contributed by atoms with Gasteiger partial charge >= 0.3 is 0 Å². The second-order valence-electron chi connectivity index (χ2n) is 5.15. The fourth-order valence-corrected chi connectivity index (χ4v) is 2.76. The molecule has 2 N–H and O–H groups in total. The summed E-state index contributed by atoms with van der Waals surface area (Å²) in [6.45, 7) is 5.38. The number of aryl methyl sites for hydroxylation is 1. The summed E-state index contributed by atoms with van der Waals surface area (Å²) in [6, 6.07) is 8.93. The molecule has 1 heterocycles. The lowest BCUT2D eigenvalue weighted by Gasteiger charge is -2.32. The fourth-order valence-electron chi connectivity index (χ4n) is 2.57. The summed E-state index contributed by atoms with van der Waals surface area (Å²) in [6.07, 6.45) is 3.46. The molecule has 1 fully saturated rings. The molecular formula is C15H22N2S. The highest BCUT2D eigenvalue weighted by Gasteiger charge is 2.21. The van der Waals surface area contributed by atoms with Crippen LogP contribution < -0.4 is 5.73 Å². The van der Waals surface area contributed by atoms with Gasteiger partial charge in [-0.3, -0.25) is 4.90 Å². The molecule has 1 aliphatic heterocycles. The summed E-state index contributed by atoms with van der Waals surface area (Å²) in [5.41, 5.74) is 8.55. The Morgan fingerprint density at radius 2 is 2.00 bits per heavy atom. The molecule has 1 aromatic carbocycles. The summed E-state index contributed by atoms with van der Waals surface area (Å²) in [4.78, 5) is 3.15. The zero-order chi connectivity index (χ0) is 13.0. The fraction of sp³-hybridized carbons (Fsp3) is 0.533. The van der Waals surface area contributed by atoms with Crippen LogP contribution in [0.3, 0.4) is 0 Å². The zero-order valence-electron chi connectivity index (χ0n) is 11.1. The van der Waals surface area contributed by atoms with E-state index >= 15 is 0 Å². The molecule has 0 amide bonds. The van der Waals surface area contributed by atoms with Gasteiger partial charge in [0, 0.05) is 19.0 Å². The second kappa shape index (κ2) is 6.30. The smallest absolute Gasteiger partial charge is 0.0771 e. The highest BCUT2D eigenvalue weighted by Crippen LogP contribution is 2.19. The van der Waals surface area contributed by atoms with Crippen LogP contribution in [0, 0.1) is 5.92 Å². The van der Waals surface area contributed by atoms with Gasteiger partial charge in [0.05, 0.1) is 4.99 Å². The van der Waals surface area contributed by atoms with Crippen molar-refractivity contribution < 1.29 is 0 Å². The Balaban J connectivity index is 1.93. The monoisotopic (exact) mass is 262 g/mol. The first-order chi connectivity index (χ1) is 8.69. The van der Waals surface area contributed by atoms with Crippen LogP contribution >= 0.6 is 12.2 Å². The van der Waals surface area contributed by atoms with E-state index in [0.29, 0.717) is 10.9 Å². The molecule has 1 aliphatic rings. The van der Waals surface area contributed by atoms with Gasteiger partial charge < -0.3 is 5.73 Å². The predicted octanol–water partition coefficient (Wildman–Crippen LogP) is 2.75. The third-order valence-electron chi connectivity index (χ3n) is 3.75. The van der Waals surface area contributed by atoms with Crippen molar-refractivity contribution in [2.45, 2.75) is 32.7 Å². The standard InChI is InChI=1S/C15H22N2S/c1-2-12-5-7-13(8-6-12)10-17-9-3-4-14(11-17)15(16)18/h5-8,14H,2-4,9-11H2,1H3,(H2,16,18). The Morgan fingerprint density at radius 3 is 2.61 bits per heavy atom. The number of piperidine rings is 1. The Bertz CT molecular complexity index is 399. The maximum Gasteiger partial charge on any atom is 0.0771 e. The average molecular weight is 262 g/mol. The van der Waals surface area contributed by atoms with Crippen LogP contribution in [0.25, 0.3) is 0 Å². The van der Waals surface area contributed by atoms with Gasteiger partial charge in [-0.1, -0.05) is 43.4 Å². The maximum absolute atomic E-state index is 5.77. The van der Waals surface area contributed by atoms with Gasteiger partial charge in [-0.15, -0.1) is 0 Å². The number of rotatable bonds is 4. The Kier molecular flexibility index (Phi) is 4.72. The number of likely N-dealkylation sites (tertiary alicyclic amines) is 1. The Morgan fingerprint density at radius 1 is 1.33 bits per heavy atom. The molecule has 2 nitrogen and oxygen atoms in total. The lowest BCUT2D eigenvalue weighted by molar-refractivity contribution is 0.197. The minimum atomic E-state index is 0.406. The second-order valence-corrected chi connectivity index (χ2v) is 5.62. The summed E-state index contributed by atoms with van der Waals surface area (Å²) >= 11 is 5.12. The van der Waals surface area contributed by atoms with Gasteiger partial charge in [0.15, 0.2) is 0 Å². The number of hydrogen-bond acceptors (Lipinski definition) is 2. The summed E-state index contributed by atoms with van der Waals surface area (Å²) in [7, 11) is 0. The van der Waals surface area contributed by atoms with Crippen molar-refractivity contribution >= 4 is 17.2 Å². The SMILES string of the molecule is CCc1ccc(CN2CCCC(C(N)=S)C2)cc1. The molecule has 1 atom stereocenters. The Labute approximate surface area is 115 Å². The van der Waals surface area contributed by atoms with Crippen molar-refractivity contribution in [3.63, 3.8) is 0 Å². The van der Waals surface area contributed by atoms with Crippen molar-refractivity contribution in [1.29, 1.82) is 0 Å². The van der Waals surface area contributed by atoms with Crippen molar-refractivity contribution in [3.05, 3.63) is 35.4 Å². The lowest BCUT2D eigenvalue weighted by atomic mass is 9.97. The third kappa shape index (κ3) is 3.53. The van der Waals surface area contributed by atoms with E-state index in [1.165, 1.54) is 17.5 Å². The molecule has 2 rings (SSSR count). The molecule has 18 heavy (non-hydrogen) atoms. The molecule has 0 aliphatic carbocycles. The van der Waals surface area contributed by atoms with Crippen LogP contribution in [0.2, 0.25) is 0 Å². The van der Waals surface area contributed by atoms with Crippen molar-refractivity contribution in [3.8, 4) is 0 Å². The van der Waals surface area contributed by atoms with E-state index in [2.05, 4.69) is 36.1 Å². The molecule has 1 aromatic rings. The predicted molar refractivity (Wildman–Crippen MR) is 80.6 cm³/mol. The first kappa shape index (κ1) is 13.5. The highest BCUT2D eigenvalue weighted by atomic mass is 32.1. The summed E-state index contributed by atoms with van der Waals surface area (Å²) in [5.74, 6) is 0.406. The first-order valence-corrected chi connectivity index (χ1v) is 7.19. The summed E-state index contributed by atoms with van der Waals surface area (Å²) < 4.78 is 0. The summed E-state index contributed by atoms with van der Waals surface area (Å²) in [5, 5.41) is 0. The van der Waals surface area contributed by atoms with Crippen LogP contribution in [0.15, 0.2) is 24.3 Å². The quantitative estimate of drug-likeness (QED) is 0.846. The van der Waals surface area contributed by atoms with Gasteiger partial charge in [0.1, 0.15) is 0 Å². The van der Waals surface area contributed by atoms with Gasteiger partial charge in [-0.05, 0) is 36.9 Å². The van der Waals surface area contributed by atoms with E-state index in [4.69, 9.17) is 18.0 Å². The van der Waals surface area contributed by atoms with E-state index in [-0.39, 0.29) is 0 Å². The molecule has 1 unspecified atom stereocenters. The van der Waals surface area contributed by atoms with Crippen LogP contribution in [0.4, 0.5) is 0 Å². The van der Waals surface area contributed by atoms with Gasteiger partial charge in [-0.25, -0.2) is 0 Å². The Hall–Kier alpha value is -0.930. The molecule has 98 valence electrons. The topological polar surface area (TPSA) is 29.3 Å². The molecule has 0 radical (unpaired) electrons. The average Bonchev–Trinajstić information content (AvgIpc) is 2.40. The first-order valence-electron chi connectivity index (χ1n) is 6.78. The van der Waals surface area contributed by atoms with Gasteiger partial charge in [-0.2, -0.15) is 0 Å². The van der Waals surface area contributed by atoms with E-state index < -0.39 is 0 Å².